The molecule has 2 N–H and O–H groups in total. The zero-order valence-corrected chi connectivity index (χ0v) is 10.5. The summed E-state index contributed by atoms with van der Waals surface area (Å²) in [7, 11) is -1.62. The molecule has 0 bridgehead atoms. The van der Waals surface area contributed by atoms with Crippen molar-refractivity contribution in [3.8, 4) is 0 Å². The average molecular weight is 243 g/mol. The second kappa shape index (κ2) is 5.27. The maximum Gasteiger partial charge on any atom is 0.236 e. The fourth-order valence-corrected chi connectivity index (χ4v) is 2.30. The summed E-state index contributed by atoms with van der Waals surface area (Å²) in [5.41, 5.74) is 1.42. The molecule has 0 aliphatic heterocycles. The number of anilines is 1. The van der Waals surface area contributed by atoms with E-state index in [9.17, 15) is 8.42 Å². The maximum atomic E-state index is 11.8. The minimum Gasteiger partial charge on any atom is -0.318 e. The molecule has 16 heavy (non-hydrogen) atoms. The van der Waals surface area contributed by atoms with Crippen molar-refractivity contribution in [1.82, 2.24) is 10.3 Å². The first-order chi connectivity index (χ1) is 7.45. The Morgan fingerprint density at radius 3 is 2.69 bits per heavy atom. The maximum absolute atomic E-state index is 11.8. The number of aromatic nitrogens is 1. The van der Waals surface area contributed by atoms with E-state index in [2.05, 4.69) is 15.0 Å². The van der Waals surface area contributed by atoms with Gasteiger partial charge in [0.05, 0.1) is 17.1 Å². The van der Waals surface area contributed by atoms with Gasteiger partial charge in [0.15, 0.2) is 0 Å². The topological polar surface area (TPSA) is 71.1 Å². The quantitative estimate of drug-likeness (QED) is 0.800. The van der Waals surface area contributed by atoms with Crippen molar-refractivity contribution in [3.05, 3.63) is 24.0 Å². The summed E-state index contributed by atoms with van der Waals surface area (Å²) in [5, 5.41) is 2.35. The largest absolute Gasteiger partial charge is 0.318 e. The predicted octanol–water partition coefficient (Wildman–Crippen LogP) is 0.740. The van der Waals surface area contributed by atoms with Crippen LogP contribution >= 0.6 is 0 Å². The normalized spacial score (nSPS) is 13.4. The number of rotatable bonds is 5. The van der Waals surface area contributed by atoms with Gasteiger partial charge in [-0.15, -0.1) is 0 Å². The van der Waals surface area contributed by atoms with Crippen LogP contribution in [0.4, 0.5) is 5.69 Å². The van der Waals surface area contributed by atoms with Crippen LogP contribution in [0.1, 0.15) is 12.5 Å². The van der Waals surface area contributed by atoms with E-state index in [4.69, 9.17) is 0 Å². The monoisotopic (exact) mass is 243 g/mol. The van der Waals surface area contributed by atoms with Crippen molar-refractivity contribution < 1.29 is 8.42 Å². The molecule has 5 nitrogen and oxygen atoms in total. The van der Waals surface area contributed by atoms with Gasteiger partial charge in [0.25, 0.3) is 0 Å². The molecule has 0 aliphatic carbocycles. The van der Waals surface area contributed by atoms with Crippen LogP contribution in [0.2, 0.25) is 0 Å². The van der Waals surface area contributed by atoms with Crippen molar-refractivity contribution in [1.29, 1.82) is 0 Å². The number of hydrogen-bond acceptors (Lipinski definition) is 4. The van der Waals surface area contributed by atoms with E-state index in [1.165, 1.54) is 6.20 Å². The van der Waals surface area contributed by atoms with Crippen LogP contribution in [-0.4, -0.2) is 32.2 Å². The molecule has 90 valence electrons. The van der Waals surface area contributed by atoms with Gasteiger partial charge in [-0.1, -0.05) is 0 Å². The van der Waals surface area contributed by atoms with Crippen molar-refractivity contribution >= 4 is 15.7 Å². The van der Waals surface area contributed by atoms with Crippen LogP contribution in [0.5, 0.6) is 0 Å². The Bertz CT molecular complexity index is 445. The third-order valence-corrected chi connectivity index (χ3v) is 3.90. The van der Waals surface area contributed by atoms with E-state index < -0.39 is 15.3 Å². The van der Waals surface area contributed by atoms with Crippen LogP contribution in [-0.2, 0) is 10.0 Å². The molecule has 6 heteroatoms. The fourth-order valence-electron chi connectivity index (χ4n) is 1.27. The van der Waals surface area contributed by atoms with E-state index in [-0.39, 0.29) is 0 Å². The third kappa shape index (κ3) is 3.46. The van der Waals surface area contributed by atoms with Gasteiger partial charge in [-0.05, 0) is 32.5 Å². The van der Waals surface area contributed by atoms with Gasteiger partial charge in [-0.3, -0.25) is 9.71 Å². The highest BCUT2D eigenvalue weighted by molar-refractivity contribution is 7.93. The molecule has 0 spiro atoms. The molecule has 0 fully saturated rings. The molecule has 0 radical (unpaired) electrons. The minimum absolute atomic E-state index is 0.411. The number of hydrogen-bond donors (Lipinski definition) is 2. The summed E-state index contributed by atoms with van der Waals surface area (Å²) in [6, 6.07) is 1.75. The number of sulfonamides is 1. The lowest BCUT2D eigenvalue weighted by molar-refractivity contribution is 0.583. The van der Waals surface area contributed by atoms with E-state index in [0.717, 1.165) is 5.56 Å². The second-order valence-electron chi connectivity index (χ2n) is 3.77. The van der Waals surface area contributed by atoms with Gasteiger partial charge in [0, 0.05) is 12.7 Å². The number of aryl methyl sites for hydroxylation is 1. The highest BCUT2D eigenvalue weighted by Crippen LogP contribution is 2.11. The lowest BCUT2D eigenvalue weighted by Crippen LogP contribution is -2.33. The summed E-state index contributed by atoms with van der Waals surface area (Å²) in [4.78, 5) is 3.93. The average Bonchev–Trinajstić information content (AvgIpc) is 2.17. The Kier molecular flexibility index (Phi) is 4.26. The van der Waals surface area contributed by atoms with E-state index >= 15 is 0 Å². The van der Waals surface area contributed by atoms with E-state index in [1.54, 1.807) is 26.2 Å². The molecule has 1 aromatic rings. The Balaban J connectivity index is 2.80. The SMILES string of the molecule is CNCC(C)S(=O)(=O)Nc1cncc(C)c1. The third-order valence-electron chi connectivity index (χ3n) is 2.16. The van der Waals surface area contributed by atoms with Crippen LogP contribution < -0.4 is 10.0 Å². The molecule has 1 rings (SSSR count). The summed E-state index contributed by atoms with van der Waals surface area (Å²) >= 11 is 0. The molecular weight excluding hydrogens is 226 g/mol. The zero-order valence-electron chi connectivity index (χ0n) is 9.69. The standard InChI is InChI=1S/C10H17N3O2S/c1-8-4-10(7-12-5-8)13-16(14,15)9(2)6-11-3/h4-5,7,9,11,13H,6H2,1-3H3. The Hall–Kier alpha value is -1.14. The molecule has 0 amide bonds. The van der Waals surface area contributed by atoms with Gasteiger partial charge in [0.1, 0.15) is 0 Å². The molecule has 1 heterocycles. The first-order valence-corrected chi connectivity index (χ1v) is 6.58. The van der Waals surface area contributed by atoms with Gasteiger partial charge in [0.2, 0.25) is 10.0 Å². The molecule has 1 atom stereocenters. The van der Waals surface area contributed by atoms with Gasteiger partial charge >= 0.3 is 0 Å². The molecule has 0 aliphatic rings. The molecule has 1 aromatic heterocycles. The first-order valence-electron chi connectivity index (χ1n) is 5.03. The summed E-state index contributed by atoms with van der Waals surface area (Å²) in [6.45, 7) is 3.93. The van der Waals surface area contributed by atoms with Crippen LogP contribution in [0.25, 0.3) is 0 Å². The molecular formula is C10H17N3O2S. The van der Waals surface area contributed by atoms with E-state index in [1.807, 2.05) is 6.92 Å². The molecule has 1 unspecified atom stereocenters. The van der Waals surface area contributed by atoms with Crippen molar-refractivity contribution in [2.75, 3.05) is 18.3 Å². The first kappa shape index (κ1) is 12.9. The van der Waals surface area contributed by atoms with Crippen LogP contribution in [0.15, 0.2) is 18.5 Å². The fraction of sp³-hybridized carbons (Fsp3) is 0.500. The smallest absolute Gasteiger partial charge is 0.236 e. The Morgan fingerprint density at radius 2 is 2.12 bits per heavy atom. The van der Waals surface area contributed by atoms with Crippen molar-refractivity contribution in [2.24, 2.45) is 0 Å². The highest BCUT2D eigenvalue weighted by atomic mass is 32.2. The minimum atomic E-state index is -3.34. The lowest BCUT2D eigenvalue weighted by Gasteiger charge is -2.14. The number of nitrogens with zero attached hydrogens (tertiary/aromatic N) is 1. The number of nitrogens with one attached hydrogen (secondary N) is 2. The Labute approximate surface area is 96.3 Å². The Morgan fingerprint density at radius 1 is 1.44 bits per heavy atom. The van der Waals surface area contributed by atoms with Gasteiger partial charge in [-0.25, -0.2) is 8.42 Å². The predicted molar refractivity (Wildman–Crippen MR) is 64.9 cm³/mol. The molecule has 0 saturated carbocycles. The lowest BCUT2D eigenvalue weighted by atomic mass is 10.3. The highest BCUT2D eigenvalue weighted by Gasteiger charge is 2.19. The van der Waals surface area contributed by atoms with Crippen molar-refractivity contribution in [2.45, 2.75) is 19.1 Å². The number of pyridine rings is 1. The summed E-state index contributed by atoms with van der Waals surface area (Å²) < 4.78 is 26.2. The van der Waals surface area contributed by atoms with Crippen LogP contribution in [0.3, 0.4) is 0 Å². The van der Waals surface area contributed by atoms with Crippen LogP contribution in [0, 0.1) is 6.92 Å². The van der Waals surface area contributed by atoms with Crippen molar-refractivity contribution in [3.63, 3.8) is 0 Å². The van der Waals surface area contributed by atoms with E-state index in [0.29, 0.717) is 12.2 Å². The second-order valence-corrected chi connectivity index (χ2v) is 5.87. The molecule has 0 aromatic carbocycles. The van der Waals surface area contributed by atoms with Gasteiger partial charge in [-0.2, -0.15) is 0 Å². The summed E-state index contributed by atoms with van der Waals surface area (Å²) in [5.74, 6) is 0. The summed E-state index contributed by atoms with van der Waals surface area (Å²) in [6.07, 6.45) is 3.17. The molecule has 0 saturated heterocycles. The zero-order chi connectivity index (χ0) is 12.2. The van der Waals surface area contributed by atoms with Gasteiger partial charge < -0.3 is 5.32 Å².